The Morgan fingerprint density at radius 1 is 1.17 bits per heavy atom. The molecule has 0 aliphatic heterocycles. The first-order chi connectivity index (χ1) is 11.6. The van der Waals surface area contributed by atoms with E-state index in [1.54, 1.807) is 24.3 Å². The van der Waals surface area contributed by atoms with Crippen molar-refractivity contribution >= 4 is 0 Å². The first kappa shape index (κ1) is 15.7. The maximum atomic E-state index is 10.3. The molecular formula is C19H16N4O. The van der Waals surface area contributed by atoms with E-state index in [0.29, 0.717) is 5.56 Å². The van der Waals surface area contributed by atoms with Crippen molar-refractivity contribution in [3.05, 3.63) is 52.7 Å². The Hall–Kier alpha value is -3.23. The molecule has 1 aromatic carbocycles. The molecule has 24 heavy (non-hydrogen) atoms. The van der Waals surface area contributed by atoms with Gasteiger partial charge in [-0.1, -0.05) is 24.3 Å². The summed E-state index contributed by atoms with van der Waals surface area (Å²) in [5.74, 6) is -0.749. The number of fused-ring (bicyclic) bond motifs is 1. The fourth-order valence-corrected chi connectivity index (χ4v) is 3.97. The molecule has 0 unspecified atom stereocenters. The third-order valence-corrected chi connectivity index (χ3v) is 5.07. The van der Waals surface area contributed by atoms with Crippen molar-refractivity contribution in [2.24, 2.45) is 17.1 Å². The number of phenols is 1. The van der Waals surface area contributed by atoms with E-state index in [2.05, 4.69) is 18.2 Å². The van der Waals surface area contributed by atoms with Crippen molar-refractivity contribution in [2.45, 2.75) is 25.2 Å². The van der Waals surface area contributed by atoms with Gasteiger partial charge in [0, 0.05) is 11.5 Å². The molecule has 2 atom stereocenters. The Balaban J connectivity index is 2.37. The normalized spacial score (nSPS) is 24.8. The number of nitrogens with two attached hydrogens (primary N) is 1. The highest BCUT2D eigenvalue weighted by molar-refractivity contribution is 5.60. The van der Waals surface area contributed by atoms with Gasteiger partial charge >= 0.3 is 0 Å². The van der Waals surface area contributed by atoms with Gasteiger partial charge in [-0.3, -0.25) is 0 Å². The summed E-state index contributed by atoms with van der Waals surface area (Å²) in [5.41, 5.74) is 6.07. The third kappa shape index (κ3) is 1.98. The largest absolute Gasteiger partial charge is 0.508 e. The van der Waals surface area contributed by atoms with E-state index in [0.717, 1.165) is 24.8 Å². The van der Waals surface area contributed by atoms with Gasteiger partial charge in [0.1, 0.15) is 11.8 Å². The second-order valence-electron chi connectivity index (χ2n) is 6.17. The predicted molar refractivity (Wildman–Crippen MR) is 86.8 cm³/mol. The summed E-state index contributed by atoms with van der Waals surface area (Å²) in [4.78, 5) is 0. The quantitative estimate of drug-likeness (QED) is 0.825. The zero-order chi connectivity index (χ0) is 17.3. The summed E-state index contributed by atoms with van der Waals surface area (Å²) < 4.78 is 0. The van der Waals surface area contributed by atoms with E-state index >= 15 is 0 Å². The van der Waals surface area contributed by atoms with Gasteiger partial charge in [-0.2, -0.15) is 15.8 Å². The van der Waals surface area contributed by atoms with E-state index in [-0.39, 0.29) is 22.9 Å². The molecule has 0 bridgehead atoms. The highest BCUT2D eigenvalue weighted by Crippen LogP contribution is 2.56. The number of para-hydroxylation sites is 1. The first-order valence-electron chi connectivity index (χ1n) is 7.81. The molecule has 118 valence electrons. The minimum atomic E-state index is -1.66. The number of phenolic OH excluding ortho intramolecular Hbond substituents is 1. The minimum absolute atomic E-state index is 0.00680. The lowest BCUT2D eigenvalue weighted by Gasteiger charge is -2.43. The van der Waals surface area contributed by atoms with Gasteiger partial charge < -0.3 is 10.8 Å². The first-order valence-corrected chi connectivity index (χ1v) is 7.81. The summed E-state index contributed by atoms with van der Waals surface area (Å²) in [6.45, 7) is 0. The van der Waals surface area contributed by atoms with Crippen molar-refractivity contribution in [2.75, 3.05) is 0 Å². The van der Waals surface area contributed by atoms with E-state index < -0.39 is 11.3 Å². The van der Waals surface area contributed by atoms with Crippen LogP contribution >= 0.6 is 0 Å². The zero-order valence-electron chi connectivity index (χ0n) is 13.0. The molecule has 0 fully saturated rings. The number of rotatable bonds is 1. The zero-order valence-corrected chi connectivity index (χ0v) is 13.0. The lowest BCUT2D eigenvalue weighted by Crippen LogP contribution is -2.42. The molecule has 3 rings (SSSR count). The standard InChI is InChI=1S/C19H16N4O/c20-9-15-12-5-1-2-6-13(12)17(14-7-3-4-8-16(14)24)19(10-21,11-22)18(15)23/h3-5,7-8,13,17,24H,1-2,6,23H2/t13-,17+/m1/s1. The SMILES string of the molecule is N#CC1=C(N)C(C#N)(C#N)[C@H](c2ccccc2O)[C@@H]2CCCC=C12. The van der Waals surface area contributed by atoms with Crippen LogP contribution < -0.4 is 5.73 Å². The maximum Gasteiger partial charge on any atom is 0.191 e. The van der Waals surface area contributed by atoms with Crippen LogP contribution in [0.2, 0.25) is 0 Å². The number of hydrogen-bond acceptors (Lipinski definition) is 5. The number of aromatic hydroxyl groups is 1. The van der Waals surface area contributed by atoms with Crippen molar-refractivity contribution in [1.29, 1.82) is 15.8 Å². The molecule has 0 amide bonds. The average molecular weight is 316 g/mol. The van der Waals surface area contributed by atoms with E-state index in [1.165, 1.54) is 0 Å². The van der Waals surface area contributed by atoms with Crippen LogP contribution in [0.25, 0.3) is 0 Å². The summed E-state index contributed by atoms with van der Waals surface area (Å²) in [6.07, 6.45) is 4.47. The van der Waals surface area contributed by atoms with Crippen LogP contribution in [-0.4, -0.2) is 5.11 Å². The third-order valence-electron chi connectivity index (χ3n) is 5.07. The van der Waals surface area contributed by atoms with Crippen molar-refractivity contribution in [1.82, 2.24) is 0 Å². The molecule has 5 nitrogen and oxygen atoms in total. The second-order valence-corrected chi connectivity index (χ2v) is 6.17. The Morgan fingerprint density at radius 2 is 1.88 bits per heavy atom. The van der Waals surface area contributed by atoms with E-state index in [4.69, 9.17) is 5.73 Å². The molecule has 2 aliphatic carbocycles. The lowest BCUT2D eigenvalue weighted by molar-refractivity contribution is 0.308. The van der Waals surface area contributed by atoms with Gasteiger partial charge in [0.2, 0.25) is 0 Å². The van der Waals surface area contributed by atoms with Crippen LogP contribution in [0, 0.1) is 45.3 Å². The second kappa shape index (κ2) is 5.76. The van der Waals surface area contributed by atoms with Crippen LogP contribution in [-0.2, 0) is 0 Å². The van der Waals surface area contributed by atoms with Crippen LogP contribution in [0.15, 0.2) is 47.2 Å². The molecular weight excluding hydrogens is 300 g/mol. The molecule has 5 heteroatoms. The van der Waals surface area contributed by atoms with Crippen LogP contribution in [0.5, 0.6) is 5.75 Å². The highest BCUT2D eigenvalue weighted by atomic mass is 16.3. The van der Waals surface area contributed by atoms with Gasteiger partial charge in [0.15, 0.2) is 5.41 Å². The number of allylic oxidation sites excluding steroid dienone is 4. The van der Waals surface area contributed by atoms with Gasteiger partial charge in [-0.25, -0.2) is 0 Å². The van der Waals surface area contributed by atoms with Crippen LogP contribution in [0.4, 0.5) is 0 Å². The molecule has 3 N–H and O–H groups in total. The average Bonchev–Trinajstić information content (AvgIpc) is 2.62. The Morgan fingerprint density at radius 3 is 2.50 bits per heavy atom. The summed E-state index contributed by atoms with van der Waals surface area (Å²) in [7, 11) is 0. The van der Waals surface area contributed by atoms with E-state index in [9.17, 15) is 20.9 Å². The summed E-state index contributed by atoms with van der Waals surface area (Å²) in [5, 5.41) is 39.5. The van der Waals surface area contributed by atoms with Crippen molar-refractivity contribution < 1.29 is 5.11 Å². The predicted octanol–water partition coefficient (Wildman–Crippen LogP) is 2.99. The van der Waals surface area contributed by atoms with Crippen LogP contribution in [0.3, 0.4) is 0 Å². The fourth-order valence-electron chi connectivity index (χ4n) is 3.97. The van der Waals surface area contributed by atoms with Crippen molar-refractivity contribution in [3.63, 3.8) is 0 Å². The van der Waals surface area contributed by atoms with Gasteiger partial charge in [-0.15, -0.1) is 0 Å². The Labute approximate surface area is 140 Å². The number of nitriles is 3. The molecule has 2 aliphatic rings. The van der Waals surface area contributed by atoms with Crippen molar-refractivity contribution in [3.8, 4) is 24.0 Å². The van der Waals surface area contributed by atoms with Gasteiger partial charge in [-0.05, 0) is 36.8 Å². The number of hydrogen-bond donors (Lipinski definition) is 2. The minimum Gasteiger partial charge on any atom is -0.508 e. The molecule has 1 aromatic rings. The van der Waals surface area contributed by atoms with Gasteiger partial charge in [0.25, 0.3) is 0 Å². The van der Waals surface area contributed by atoms with Gasteiger partial charge in [0.05, 0.1) is 23.4 Å². The number of benzene rings is 1. The monoisotopic (exact) mass is 316 g/mol. The smallest absolute Gasteiger partial charge is 0.191 e. The summed E-state index contributed by atoms with van der Waals surface area (Å²) >= 11 is 0. The maximum absolute atomic E-state index is 10.3. The molecule has 0 heterocycles. The summed E-state index contributed by atoms with van der Waals surface area (Å²) in [6, 6.07) is 12.9. The highest BCUT2D eigenvalue weighted by Gasteiger charge is 2.54. The van der Waals surface area contributed by atoms with Crippen LogP contribution in [0.1, 0.15) is 30.7 Å². The molecule has 0 radical (unpaired) electrons. The molecule has 0 saturated carbocycles. The fraction of sp³-hybridized carbons (Fsp3) is 0.316. The Bertz CT molecular complexity index is 862. The van der Waals surface area contributed by atoms with E-state index in [1.807, 2.05) is 6.08 Å². The molecule has 0 spiro atoms. The number of nitrogens with zero attached hydrogens (tertiary/aromatic N) is 3. The molecule has 0 saturated heterocycles. The topological polar surface area (TPSA) is 118 Å². The molecule has 0 aromatic heterocycles. The lowest BCUT2D eigenvalue weighted by atomic mass is 9.56. The Kier molecular flexibility index (Phi) is 3.76.